The lowest BCUT2D eigenvalue weighted by Gasteiger charge is -2.10. The van der Waals surface area contributed by atoms with Crippen molar-refractivity contribution < 1.29 is 4.74 Å². The zero-order valence-electron chi connectivity index (χ0n) is 12.8. The summed E-state index contributed by atoms with van der Waals surface area (Å²) >= 11 is 6.68. The Hall–Kier alpha value is -2.71. The summed E-state index contributed by atoms with van der Waals surface area (Å²) < 4.78 is 5.12. The lowest BCUT2D eigenvalue weighted by atomic mass is 10.2. The largest absolute Gasteiger partial charge is 0.497 e. The lowest BCUT2D eigenvalue weighted by Crippen LogP contribution is -2.33. The molecule has 0 aliphatic heterocycles. The smallest absolute Gasteiger partial charge is 0.224 e. The van der Waals surface area contributed by atoms with E-state index in [1.807, 2.05) is 54.6 Å². The summed E-state index contributed by atoms with van der Waals surface area (Å²) in [5, 5.41) is 13.2. The molecule has 0 fully saturated rings. The highest BCUT2D eigenvalue weighted by atomic mass is 32.1. The molecule has 2 aromatic carbocycles. The third kappa shape index (κ3) is 4.18. The molecule has 24 heavy (non-hydrogen) atoms. The highest BCUT2D eigenvalue weighted by Crippen LogP contribution is 2.25. The van der Waals surface area contributed by atoms with Crippen molar-refractivity contribution in [2.45, 2.75) is 0 Å². The van der Waals surface area contributed by atoms with E-state index in [2.05, 4.69) is 26.4 Å². The summed E-state index contributed by atoms with van der Waals surface area (Å²) in [5.41, 5.74) is 7.72. The summed E-state index contributed by atoms with van der Waals surface area (Å²) in [6.07, 6.45) is 0. The first kappa shape index (κ1) is 16.2. The molecule has 0 unspecified atom stereocenters. The fourth-order valence-corrected chi connectivity index (χ4v) is 2.79. The first-order valence-electron chi connectivity index (χ1n) is 7.10. The highest BCUT2D eigenvalue weighted by Gasteiger charge is 2.06. The molecule has 1 aromatic heterocycles. The van der Waals surface area contributed by atoms with Gasteiger partial charge in [-0.3, -0.25) is 10.9 Å². The fourth-order valence-electron chi connectivity index (χ4n) is 1.92. The molecule has 0 saturated heterocycles. The second-order valence-corrected chi connectivity index (χ2v) is 6.10. The van der Waals surface area contributed by atoms with Crippen LogP contribution in [0.25, 0.3) is 10.6 Å². The maximum absolute atomic E-state index is 5.24. The maximum atomic E-state index is 5.24. The molecule has 3 aromatic rings. The standard InChI is InChI=1S/C16H15N5OS2/c1-22-13-9-7-12(8-10-13)17-15(23)19-21-16-20-18-14(24-16)11-5-3-2-4-6-11/h2-10H,1H3,(H,20,21)(H2,17,19,23). The summed E-state index contributed by atoms with van der Waals surface area (Å²) in [4.78, 5) is 0. The van der Waals surface area contributed by atoms with Crippen molar-refractivity contribution in [3.05, 3.63) is 54.6 Å². The Kier molecular flexibility index (Phi) is 5.19. The van der Waals surface area contributed by atoms with Crippen molar-refractivity contribution in [2.75, 3.05) is 17.9 Å². The number of hydrogen-bond donors (Lipinski definition) is 3. The average molecular weight is 357 g/mol. The van der Waals surface area contributed by atoms with Gasteiger partial charge in [0.25, 0.3) is 0 Å². The van der Waals surface area contributed by atoms with Crippen molar-refractivity contribution in [3.63, 3.8) is 0 Å². The number of hydrogen-bond acceptors (Lipinski definition) is 6. The molecule has 0 saturated carbocycles. The van der Waals surface area contributed by atoms with E-state index in [9.17, 15) is 0 Å². The SMILES string of the molecule is COc1ccc(NC(=S)NNc2nnc(-c3ccccc3)s2)cc1. The van der Waals surface area contributed by atoms with Gasteiger partial charge in [0, 0.05) is 11.3 Å². The van der Waals surface area contributed by atoms with Crippen LogP contribution in [0.2, 0.25) is 0 Å². The minimum absolute atomic E-state index is 0.427. The molecule has 0 spiro atoms. The molecule has 122 valence electrons. The molecule has 0 atom stereocenters. The highest BCUT2D eigenvalue weighted by molar-refractivity contribution is 7.80. The van der Waals surface area contributed by atoms with Crippen LogP contribution in [0.3, 0.4) is 0 Å². The summed E-state index contributed by atoms with van der Waals surface area (Å²) in [5.74, 6) is 0.792. The van der Waals surface area contributed by atoms with Crippen LogP contribution in [0.1, 0.15) is 0 Å². The number of thiocarbonyl (C=S) groups is 1. The molecule has 0 radical (unpaired) electrons. The van der Waals surface area contributed by atoms with Crippen LogP contribution in [-0.4, -0.2) is 22.4 Å². The normalized spacial score (nSPS) is 10.0. The number of aromatic nitrogens is 2. The van der Waals surface area contributed by atoms with Gasteiger partial charge in [0.05, 0.1) is 7.11 Å². The Bertz CT molecular complexity index is 805. The van der Waals surface area contributed by atoms with Crippen molar-refractivity contribution in [2.24, 2.45) is 0 Å². The molecule has 0 bridgehead atoms. The van der Waals surface area contributed by atoms with Gasteiger partial charge < -0.3 is 10.1 Å². The quantitative estimate of drug-likeness (QED) is 0.477. The van der Waals surface area contributed by atoms with Crippen LogP contribution in [0, 0.1) is 0 Å². The number of hydrazine groups is 1. The van der Waals surface area contributed by atoms with E-state index in [1.54, 1.807) is 7.11 Å². The van der Waals surface area contributed by atoms with Crippen LogP contribution < -0.4 is 20.9 Å². The summed E-state index contributed by atoms with van der Waals surface area (Å²) in [6, 6.07) is 17.4. The van der Waals surface area contributed by atoms with Gasteiger partial charge in [-0.2, -0.15) is 0 Å². The molecule has 0 amide bonds. The van der Waals surface area contributed by atoms with Gasteiger partial charge in [-0.1, -0.05) is 41.7 Å². The van der Waals surface area contributed by atoms with Gasteiger partial charge >= 0.3 is 0 Å². The maximum Gasteiger partial charge on any atom is 0.224 e. The van der Waals surface area contributed by atoms with Crippen LogP contribution in [0.15, 0.2) is 54.6 Å². The first-order chi connectivity index (χ1) is 11.7. The molecule has 1 heterocycles. The van der Waals surface area contributed by atoms with E-state index in [1.165, 1.54) is 11.3 Å². The Morgan fingerprint density at radius 1 is 1.04 bits per heavy atom. The number of nitrogens with one attached hydrogen (secondary N) is 3. The van der Waals surface area contributed by atoms with E-state index >= 15 is 0 Å². The van der Waals surface area contributed by atoms with E-state index in [-0.39, 0.29) is 0 Å². The predicted octanol–water partition coefficient (Wildman–Crippen LogP) is 3.53. The second kappa shape index (κ2) is 7.71. The number of rotatable bonds is 5. The van der Waals surface area contributed by atoms with Gasteiger partial charge in [0.15, 0.2) is 5.11 Å². The lowest BCUT2D eigenvalue weighted by molar-refractivity contribution is 0.415. The Morgan fingerprint density at radius 2 is 1.79 bits per heavy atom. The topological polar surface area (TPSA) is 71.1 Å². The number of ether oxygens (including phenoxy) is 1. The minimum Gasteiger partial charge on any atom is -0.497 e. The van der Waals surface area contributed by atoms with Crippen LogP contribution in [0.5, 0.6) is 5.75 Å². The van der Waals surface area contributed by atoms with Gasteiger partial charge in [0.2, 0.25) is 5.13 Å². The number of nitrogens with zero attached hydrogens (tertiary/aromatic N) is 2. The Balaban J connectivity index is 1.53. The van der Waals surface area contributed by atoms with E-state index in [0.29, 0.717) is 10.2 Å². The van der Waals surface area contributed by atoms with Crippen LogP contribution in [0.4, 0.5) is 10.8 Å². The molecular formula is C16H15N5OS2. The third-order valence-electron chi connectivity index (χ3n) is 3.08. The van der Waals surface area contributed by atoms with Crippen molar-refractivity contribution in [3.8, 4) is 16.3 Å². The zero-order chi connectivity index (χ0) is 16.8. The van der Waals surface area contributed by atoms with Crippen molar-refractivity contribution in [1.29, 1.82) is 0 Å². The summed E-state index contributed by atoms with van der Waals surface area (Å²) in [6.45, 7) is 0. The van der Waals surface area contributed by atoms with Crippen LogP contribution in [-0.2, 0) is 0 Å². The second-order valence-electron chi connectivity index (χ2n) is 4.71. The van der Waals surface area contributed by atoms with Crippen molar-refractivity contribution >= 4 is 39.5 Å². The fraction of sp³-hybridized carbons (Fsp3) is 0.0625. The summed E-state index contributed by atoms with van der Waals surface area (Å²) in [7, 11) is 1.63. The van der Waals surface area contributed by atoms with Gasteiger partial charge in [-0.25, -0.2) is 0 Å². The van der Waals surface area contributed by atoms with Gasteiger partial charge in [-0.05, 0) is 36.5 Å². The number of benzene rings is 2. The first-order valence-corrected chi connectivity index (χ1v) is 8.33. The molecule has 6 nitrogen and oxygen atoms in total. The average Bonchev–Trinajstić information content (AvgIpc) is 3.10. The van der Waals surface area contributed by atoms with Gasteiger partial charge in [-0.15, -0.1) is 10.2 Å². The Labute approximate surface area is 148 Å². The number of anilines is 2. The van der Waals surface area contributed by atoms with Gasteiger partial charge in [0.1, 0.15) is 10.8 Å². The van der Waals surface area contributed by atoms with Crippen molar-refractivity contribution in [1.82, 2.24) is 15.6 Å². The van der Waals surface area contributed by atoms with E-state index in [4.69, 9.17) is 17.0 Å². The van der Waals surface area contributed by atoms with Crippen LogP contribution >= 0.6 is 23.6 Å². The number of methoxy groups -OCH3 is 1. The molecule has 0 aliphatic rings. The molecule has 8 heteroatoms. The monoisotopic (exact) mass is 357 g/mol. The minimum atomic E-state index is 0.427. The Morgan fingerprint density at radius 3 is 2.50 bits per heavy atom. The zero-order valence-corrected chi connectivity index (χ0v) is 14.4. The van der Waals surface area contributed by atoms with E-state index in [0.717, 1.165) is 22.0 Å². The van der Waals surface area contributed by atoms with E-state index < -0.39 is 0 Å². The predicted molar refractivity (Wildman–Crippen MR) is 101 cm³/mol. The molecule has 3 N–H and O–H groups in total. The third-order valence-corrected chi connectivity index (χ3v) is 4.17. The molecule has 3 rings (SSSR count). The molecule has 0 aliphatic carbocycles. The molecular weight excluding hydrogens is 342 g/mol.